The molecule has 3 atom stereocenters. The first-order valence-electron chi connectivity index (χ1n) is 8.98. The van der Waals surface area contributed by atoms with E-state index in [1.807, 2.05) is 0 Å². The number of hydrogen-bond donors (Lipinski definition) is 2. The van der Waals surface area contributed by atoms with Crippen LogP contribution in [-0.4, -0.2) is 51.5 Å². The van der Waals surface area contributed by atoms with E-state index in [1.165, 1.54) is 19.2 Å². The molecule has 1 heterocycles. The molecular weight excluding hydrogens is 354 g/mol. The minimum Gasteiger partial charge on any atom is -0.495 e. The predicted octanol–water partition coefficient (Wildman–Crippen LogP) is 1.19. The van der Waals surface area contributed by atoms with Gasteiger partial charge in [0.15, 0.2) is 0 Å². The standard InChI is InChI=1S/C18H27N3O4S/c1-11(2)20-26(23,24)17-8-12(5-7-16(17)25-3)18(22)21-9-13-4-6-15(19)14(13)10-21/h5,7-8,11,13-15,20H,4,6,9-10,19H2,1-3H3. The Balaban J connectivity index is 1.87. The number of benzene rings is 1. The van der Waals surface area contributed by atoms with Crippen molar-refractivity contribution in [1.82, 2.24) is 9.62 Å². The molecule has 2 aliphatic rings. The fourth-order valence-corrected chi connectivity index (χ4v) is 5.50. The lowest BCUT2D eigenvalue weighted by Crippen LogP contribution is -2.34. The van der Waals surface area contributed by atoms with E-state index in [4.69, 9.17) is 10.5 Å². The first-order chi connectivity index (χ1) is 12.2. The number of nitrogens with two attached hydrogens (primary N) is 1. The fraction of sp³-hybridized carbons (Fsp3) is 0.611. The van der Waals surface area contributed by atoms with Crippen molar-refractivity contribution in [2.75, 3.05) is 20.2 Å². The monoisotopic (exact) mass is 381 g/mol. The molecule has 1 aliphatic heterocycles. The van der Waals surface area contributed by atoms with Gasteiger partial charge in [0.05, 0.1) is 7.11 Å². The van der Waals surface area contributed by atoms with E-state index in [0.29, 0.717) is 30.5 Å². The number of carbonyl (C=O) groups excluding carboxylic acids is 1. The van der Waals surface area contributed by atoms with Crippen LogP contribution < -0.4 is 15.2 Å². The van der Waals surface area contributed by atoms with Gasteiger partial charge >= 0.3 is 0 Å². The van der Waals surface area contributed by atoms with E-state index < -0.39 is 10.0 Å². The zero-order chi connectivity index (χ0) is 19.1. The number of amides is 1. The van der Waals surface area contributed by atoms with Gasteiger partial charge in [0, 0.05) is 30.7 Å². The summed E-state index contributed by atoms with van der Waals surface area (Å²) in [7, 11) is -2.36. The number of ether oxygens (including phenoxy) is 1. The summed E-state index contributed by atoms with van der Waals surface area (Å²) in [6.07, 6.45) is 2.07. The maximum absolute atomic E-state index is 12.9. The molecule has 1 aromatic rings. The molecule has 1 amide bonds. The molecule has 0 aromatic heterocycles. The molecule has 26 heavy (non-hydrogen) atoms. The number of nitrogens with one attached hydrogen (secondary N) is 1. The van der Waals surface area contributed by atoms with Crippen molar-refractivity contribution < 1.29 is 17.9 Å². The topological polar surface area (TPSA) is 102 Å². The molecule has 1 aliphatic carbocycles. The van der Waals surface area contributed by atoms with Crippen LogP contribution in [0.25, 0.3) is 0 Å². The van der Waals surface area contributed by atoms with Gasteiger partial charge in [-0.25, -0.2) is 13.1 Å². The molecule has 1 saturated carbocycles. The van der Waals surface area contributed by atoms with E-state index in [2.05, 4.69) is 4.72 Å². The van der Waals surface area contributed by atoms with Crippen LogP contribution in [0.4, 0.5) is 0 Å². The zero-order valence-corrected chi connectivity index (χ0v) is 16.3. The SMILES string of the molecule is COc1ccc(C(=O)N2CC3CCC(N)C3C2)cc1S(=O)(=O)NC(C)C. The van der Waals surface area contributed by atoms with Crippen molar-refractivity contribution in [1.29, 1.82) is 0 Å². The van der Waals surface area contributed by atoms with Crippen molar-refractivity contribution in [3.8, 4) is 5.75 Å². The molecule has 0 spiro atoms. The molecule has 7 nitrogen and oxygen atoms in total. The van der Waals surface area contributed by atoms with Crippen LogP contribution >= 0.6 is 0 Å². The molecule has 8 heteroatoms. The Hall–Kier alpha value is -1.64. The first-order valence-corrected chi connectivity index (χ1v) is 10.5. The largest absolute Gasteiger partial charge is 0.495 e. The second-order valence-electron chi connectivity index (χ2n) is 7.52. The van der Waals surface area contributed by atoms with Gasteiger partial charge in [-0.05, 0) is 56.7 Å². The third kappa shape index (κ3) is 3.58. The fourth-order valence-electron chi connectivity index (χ4n) is 4.05. The van der Waals surface area contributed by atoms with Gasteiger partial charge in [0.25, 0.3) is 5.91 Å². The maximum Gasteiger partial charge on any atom is 0.253 e. The lowest BCUT2D eigenvalue weighted by atomic mass is 9.98. The molecular formula is C18H27N3O4S. The maximum atomic E-state index is 12.9. The van der Waals surface area contributed by atoms with Gasteiger partial charge < -0.3 is 15.4 Å². The third-order valence-electron chi connectivity index (χ3n) is 5.29. The number of carbonyl (C=O) groups is 1. The van der Waals surface area contributed by atoms with Gasteiger partial charge in [-0.2, -0.15) is 0 Å². The summed E-state index contributed by atoms with van der Waals surface area (Å²) in [5, 5.41) is 0. The van der Waals surface area contributed by atoms with Gasteiger partial charge in [-0.3, -0.25) is 4.79 Å². The summed E-state index contributed by atoms with van der Waals surface area (Å²) >= 11 is 0. The van der Waals surface area contributed by atoms with Crippen molar-refractivity contribution in [3.05, 3.63) is 23.8 Å². The summed E-state index contributed by atoms with van der Waals surface area (Å²) in [4.78, 5) is 14.7. The Kier molecular flexibility index (Phi) is 5.28. The van der Waals surface area contributed by atoms with Gasteiger partial charge in [0.1, 0.15) is 10.6 Å². The van der Waals surface area contributed by atoms with E-state index in [1.54, 1.807) is 24.8 Å². The number of fused-ring (bicyclic) bond motifs is 1. The van der Waals surface area contributed by atoms with Crippen LogP contribution in [-0.2, 0) is 10.0 Å². The molecule has 0 radical (unpaired) electrons. The Morgan fingerprint density at radius 2 is 2.04 bits per heavy atom. The highest BCUT2D eigenvalue weighted by atomic mass is 32.2. The lowest BCUT2D eigenvalue weighted by molar-refractivity contribution is 0.0779. The molecule has 1 aromatic carbocycles. The Bertz CT molecular complexity index is 794. The van der Waals surface area contributed by atoms with Gasteiger partial charge in [-0.1, -0.05) is 0 Å². The van der Waals surface area contributed by atoms with Crippen LogP contribution in [0.5, 0.6) is 5.75 Å². The Morgan fingerprint density at radius 3 is 2.65 bits per heavy atom. The molecule has 0 bridgehead atoms. The van der Waals surface area contributed by atoms with Crippen LogP contribution in [0, 0.1) is 11.8 Å². The normalized spacial score (nSPS) is 25.6. The minimum absolute atomic E-state index is 0.0179. The third-order valence-corrected chi connectivity index (χ3v) is 6.97. The minimum atomic E-state index is -3.77. The van der Waals surface area contributed by atoms with E-state index in [-0.39, 0.29) is 28.6 Å². The quantitative estimate of drug-likeness (QED) is 0.798. The average molecular weight is 381 g/mol. The lowest BCUT2D eigenvalue weighted by Gasteiger charge is -2.20. The highest BCUT2D eigenvalue weighted by molar-refractivity contribution is 7.89. The Morgan fingerprint density at radius 1 is 1.31 bits per heavy atom. The van der Waals surface area contributed by atoms with E-state index in [9.17, 15) is 13.2 Å². The number of sulfonamides is 1. The molecule has 3 N–H and O–H groups in total. The highest BCUT2D eigenvalue weighted by Gasteiger charge is 2.42. The van der Waals surface area contributed by atoms with Gasteiger partial charge in [-0.15, -0.1) is 0 Å². The Labute approximate surface area is 154 Å². The number of nitrogens with zero attached hydrogens (tertiary/aromatic N) is 1. The van der Waals surface area contributed by atoms with E-state index >= 15 is 0 Å². The summed E-state index contributed by atoms with van der Waals surface area (Å²) in [5.74, 6) is 0.867. The number of hydrogen-bond acceptors (Lipinski definition) is 5. The number of likely N-dealkylation sites (tertiary alicyclic amines) is 1. The molecule has 3 rings (SSSR count). The first kappa shape index (κ1) is 19.1. The molecule has 144 valence electrons. The number of rotatable bonds is 5. The van der Waals surface area contributed by atoms with Crippen molar-refractivity contribution >= 4 is 15.9 Å². The summed E-state index contributed by atoms with van der Waals surface area (Å²) in [6, 6.07) is 4.44. The predicted molar refractivity (Wildman–Crippen MR) is 98.5 cm³/mol. The smallest absolute Gasteiger partial charge is 0.253 e. The molecule has 2 fully saturated rings. The van der Waals surface area contributed by atoms with E-state index in [0.717, 1.165) is 12.8 Å². The zero-order valence-electron chi connectivity index (χ0n) is 15.4. The molecule has 1 saturated heterocycles. The number of methoxy groups -OCH3 is 1. The molecule has 3 unspecified atom stereocenters. The van der Waals surface area contributed by atoms with Crippen molar-refractivity contribution in [2.45, 2.75) is 43.7 Å². The summed E-state index contributed by atoms with van der Waals surface area (Å²) < 4.78 is 32.9. The van der Waals surface area contributed by atoms with Crippen LogP contribution in [0.3, 0.4) is 0 Å². The van der Waals surface area contributed by atoms with Crippen LogP contribution in [0.1, 0.15) is 37.0 Å². The van der Waals surface area contributed by atoms with Crippen LogP contribution in [0.15, 0.2) is 23.1 Å². The second-order valence-corrected chi connectivity index (χ2v) is 9.20. The van der Waals surface area contributed by atoms with Gasteiger partial charge in [0.2, 0.25) is 10.0 Å². The van der Waals surface area contributed by atoms with Crippen molar-refractivity contribution in [3.63, 3.8) is 0 Å². The van der Waals surface area contributed by atoms with Crippen molar-refractivity contribution in [2.24, 2.45) is 17.6 Å². The average Bonchev–Trinajstić information content (AvgIpc) is 3.15. The highest BCUT2D eigenvalue weighted by Crippen LogP contribution is 2.38. The van der Waals surface area contributed by atoms with Crippen LogP contribution in [0.2, 0.25) is 0 Å². The summed E-state index contributed by atoms with van der Waals surface area (Å²) in [6.45, 7) is 4.81. The summed E-state index contributed by atoms with van der Waals surface area (Å²) in [5.41, 5.74) is 6.49. The second kappa shape index (κ2) is 7.17.